The number of fused-ring (bicyclic) bond motifs is 1. The Morgan fingerprint density at radius 2 is 2.18 bits per heavy atom. The van der Waals surface area contributed by atoms with Gasteiger partial charge in [-0.2, -0.15) is 0 Å². The lowest BCUT2D eigenvalue weighted by molar-refractivity contribution is 0.0317. The zero-order chi connectivity index (χ0) is 15.7. The van der Waals surface area contributed by atoms with E-state index in [4.69, 9.17) is 9.47 Å². The number of pyridine rings is 1. The van der Waals surface area contributed by atoms with Gasteiger partial charge in [-0.05, 0) is 32.9 Å². The van der Waals surface area contributed by atoms with E-state index < -0.39 is 0 Å². The molecule has 3 rings (SSSR count). The molecule has 2 aliphatic rings. The minimum absolute atomic E-state index is 0.0250. The van der Waals surface area contributed by atoms with Crippen LogP contribution in [0.25, 0.3) is 0 Å². The molecule has 5 nitrogen and oxygen atoms in total. The zero-order valence-electron chi connectivity index (χ0n) is 13.6. The van der Waals surface area contributed by atoms with Gasteiger partial charge in [-0.25, -0.2) is 0 Å². The molecule has 0 bridgehead atoms. The molecule has 2 atom stereocenters. The topological polar surface area (TPSA) is 51.7 Å². The fourth-order valence-electron chi connectivity index (χ4n) is 3.64. The first-order valence-corrected chi connectivity index (χ1v) is 7.94. The van der Waals surface area contributed by atoms with Gasteiger partial charge in [0.1, 0.15) is 0 Å². The second kappa shape index (κ2) is 5.97. The van der Waals surface area contributed by atoms with Gasteiger partial charge >= 0.3 is 0 Å². The van der Waals surface area contributed by atoms with Crippen molar-refractivity contribution in [2.75, 3.05) is 39.5 Å². The quantitative estimate of drug-likeness (QED) is 0.851. The summed E-state index contributed by atoms with van der Waals surface area (Å²) in [5.74, 6) is 0.478. The molecule has 0 unspecified atom stereocenters. The van der Waals surface area contributed by atoms with Crippen molar-refractivity contribution in [2.24, 2.45) is 11.3 Å². The molecule has 0 radical (unpaired) electrons. The number of hydrogen-bond acceptors (Lipinski definition) is 4. The van der Waals surface area contributed by atoms with Gasteiger partial charge in [0.05, 0.1) is 19.8 Å². The molecule has 5 heteroatoms. The number of carbonyl (C=O) groups excluding carboxylic acids is 1. The van der Waals surface area contributed by atoms with Crippen LogP contribution >= 0.6 is 0 Å². The minimum Gasteiger partial charge on any atom is -0.381 e. The highest BCUT2D eigenvalue weighted by Gasteiger charge is 2.52. The standard InChI is InChI=1S/C17H24N2O3/c1-4-21-10-17-9-19(7-15(17)8-22-11-17)16(20)14-5-12(2)18-13(3)6-14/h5-6,15H,4,7-11H2,1-3H3/t15-,17-/m0/s1. The summed E-state index contributed by atoms with van der Waals surface area (Å²) >= 11 is 0. The zero-order valence-corrected chi connectivity index (χ0v) is 13.6. The molecule has 22 heavy (non-hydrogen) atoms. The molecule has 2 saturated heterocycles. The minimum atomic E-state index is -0.0250. The van der Waals surface area contributed by atoms with Crippen LogP contribution in [0, 0.1) is 25.2 Å². The largest absolute Gasteiger partial charge is 0.381 e. The number of amides is 1. The summed E-state index contributed by atoms with van der Waals surface area (Å²) < 4.78 is 11.3. The number of ether oxygens (including phenoxy) is 2. The molecule has 1 aromatic heterocycles. The van der Waals surface area contributed by atoms with Crippen LogP contribution in [0.5, 0.6) is 0 Å². The lowest BCUT2D eigenvalue weighted by Crippen LogP contribution is -2.37. The van der Waals surface area contributed by atoms with E-state index in [1.165, 1.54) is 0 Å². The number of likely N-dealkylation sites (tertiary alicyclic amines) is 1. The Hall–Kier alpha value is -1.46. The molecular formula is C17H24N2O3. The van der Waals surface area contributed by atoms with Crippen molar-refractivity contribution in [1.82, 2.24) is 9.88 Å². The van der Waals surface area contributed by atoms with Crippen LogP contribution in [0.1, 0.15) is 28.7 Å². The third-order valence-electron chi connectivity index (χ3n) is 4.73. The Morgan fingerprint density at radius 1 is 1.45 bits per heavy atom. The second-order valence-corrected chi connectivity index (χ2v) is 6.54. The smallest absolute Gasteiger partial charge is 0.254 e. The van der Waals surface area contributed by atoms with E-state index in [0.29, 0.717) is 25.7 Å². The summed E-state index contributed by atoms with van der Waals surface area (Å²) in [7, 11) is 0. The summed E-state index contributed by atoms with van der Waals surface area (Å²) in [5, 5.41) is 0. The Morgan fingerprint density at radius 3 is 2.86 bits per heavy atom. The SMILES string of the molecule is CCOC[C@@]12COC[C@@H]1CN(C(=O)c1cc(C)nc(C)c1)C2. The molecule has 0 spiro atoms. The maximum atomic E-state index is 12.8. The summed E-state index contributed by atoms with van der Waals surface area (Å²) in [6.07, 6.45) is 0. The molecular weight excluding hydrogens is 280 g/mol. The molecule has 0 aliphatic carbocycles. The Kier molecular flexibility index (Phi) is 4.19. The highest BCUT2D eigenvalue weighted by molar-refractivity contribution is 5.94. The Bertz CT molecular complexity index is 555. The summed E-state index contributed by atoms with van der Waals surface area (Å²) in [6, 6.07) is 3.74. The van der Waals surface area contributed by atoms with Gasteiger partial charge in [-0.15, -0.1) is 0 Å². The average molecular weight is 304 g/mol. The number of aromatic nitrogens is 1. The van der Waals surface area contributed by atoms with Crippen molar-refractivity contribution in [3.05, 3.63) is 29.1 Å². The molecule has 1 aromatic rings. The van der Waals surface area contributed by atoms with Gasteiger partial charge < -0.3 is 14.4 Å². The predicted molar refractivity (Wildman–Crippen MR) is 82.8 cm³/mol. The van der Waals surface area contributed by atoms with Crippen molar-refractivity contribution in [3.8, 4) is 0 Å². The highest BCUT2D eigenvalue weighted by atomic mass is 16.5. The van der Waals surface area contributed by atoms with Crippen LogP contribution in [-0.4, -0.2) is 55.3 Å². The Balaban J connectivity index is 1.77. The Labute approximate surface area is 131 Å². The van der Waals surface area contributed by atoms with E-state index in [1.807, 2.05) is 37.8 Å². The first-order chi connectivity index (χ1) is 10.5. The van der Waals surface area contributed by atoms with E-state index >= 15 is 0 Å². The van der Waals surface area contributed by atoms with E-state index in [0.717, 1.165) is 36.6 Å². The second-order valence-electron chi connectivity index (χ2n) is 6.54. The van der Waals surface area contributed by atoms with E-state index in [-0.39, 0.29) is 11.3 Å². The van der Waals surface area contributed by atoms with Crippen molar-refractivity contribution in [1.29, 1.82) is 0 Å². The van der Waals surface area contributed by atoms with Crippen LogP contribution in [0.15, 0.2) is 12.1 Å². The lowest BCUT2D eigenvalue weighted by atomic mass is 9.82. The number of rotatable bonds is 4. The van der Waals surface area contributed by atoms with Crippen molar-refractivity contribution < 1.29 is 14.3 Å². The van der Waals surface area contributed by atoms with E-state index in [1.54, 1.807) is 0 Å². The van der Waals surface area contributed by atoms with Gasteiger partial charge in [-0.1, -0.05) is 0 Å². The third-order valence-corrected chi connectivity index (χ3v) is 4.73. The van der Waals surface area contributed by atoms with Gasteiger partial charge in [-0.3, -0.25) is 9.78 Å². The lowest BCUT2D eigenvalue weighted by Gasteiger charge is -2.26. The van der Waals surface area contributed by atoms with E-state index in [2.05, 4.69) is 4.98 Å². The summed E-state index contributed by atoms with van der Waals surface area (Å²) in [4.78, 5) is 19.1. The summed E-state index contributed by atoms with van der Waals surface area (Å²) in [6.45, 7) is 10.1. The average Bonchev–Trinajstić information content (AvgIpc) is 3.00. The van der Waals surface area contributed by atoms with Crippen molar-refractivity contribution >= 4 is 5.91 Å². The summed E-state index contributed by atoms with van der Waals surface area (Å²) in [5.41, 5.74) is 2.48. The number of aryl methyl sites for hydroxylation is 2. The maximum absolute atomic E-state index is 12.8. The first kappa shape index (κ1) is 15.4. The van der Waals surface area contributed by atoms with E-state index in [9.17, 15) is 4.79 Å². The normalized spacial score (nSPS) is 27.2. The monoisotopic (exact) mass is 304 g/mol. The molecule has 0 aromatic carbocycles. The van der Waals surface area contributed by atoms with Crippen LogP contribution in [-0.2, 0) is 9.47 Å². The number of hydrogen-bond donors (Lipinski definition) is 0. The molecule has 0 saturated carbocycles. The number of nitrogens with zero attached hydrogens (tertiary/aromatic N) is 2. The first-order valence-electron chi connectivity index (χ1n) is 7.94. The number of carbonyl (C=O) groups is 1. The predicted octanol–water partition coefficient (Wildman–Crippen LogP) is 1.82. The van der Waals surface area contributed by atoms with Crippen LogP contribution < -0.4 is 0 Å². The molecule has 2 aliphatic heterocycles. The molecule has 0 N–H and O–H groups in total. The van der Waals surface area contributed by atoms with Crippen LogP contribution in [0.4, 0.5) is 0 Å². The molecule has 2 fully saturated rings. The van der Waals surface area contributed by atoms with Gasteiger partial charge in [0, 0.05) is 48.0 Å². The molecule has 1 amide bonds. The van der Waals surface area contributed by atoms with Gasteiger partial charge in [0.15, 0.2) is 0 Å². The van der Waals surface area contributed by atoms with Crippen molar-refractivity contribution in [3.63, 3.8) is 0 Å². The van der Waals surface area contributed by atoms with Crippen LogP contribution in [0.2, 0.25) is 0 Å². The van der Waals surface area contributed by atoms with Gasteiger partial charge in [0.25, 0.3) is 5.91 Å². The fourth-order valence-corrected chi connectivity index (χ4v) is 3.64. The highest BCUT2D eigenvalue weighted by Crippen LogP contribution is 2.42. The maximum Gasteiger partial charge on any atom is 0.254 e. The van der Waals surface area contributed by atoms with Crippen molar-refractivity contribution in [2.45, 2.75) is 20.8 Å². The molecule has 120 valence electrons. The van der Waals surface area contributed by atoms with Gasteiger partial charge in [0.2, 0.25) is 0 Å². The fraction of sp³-hybridized carbons (Fsp3) is 0.647. The molecule has 3 heterocycles. The third kappa shape index (κ3) is 2.75. The van der Waals surface area contributed by atoms with Crippen LogP contribution in [0.3, 0.4) is 0 Å².